The molecule has 0 aliphatic heterocycles. The zero-order chi connectivity index (χ0) is 21.0. The second-order valence-corrected chi connectivity index (χ2v) is 6.50. The van der Waals surface area contributed by atoms with Crippen molar-refractivity contribution in [1.29, 1.82) is 0 Å². The predicted octanol–water partition coefficient (Wildman–Crippen LogP) is 2.62. The van der Waals surface area contributed by atoms with Gasteiger partial charge in [0.1, 0.15) is 23.8 Å². The minimum Gasteiger partial charge on any atom is -0.497 e. The fourth-order valence-electron chi connectivity index (χ4n) is 2.78. The molecule has 1 atom stereocenters. The number of methoxy groups -OCH3 is 1. The first-order chi connectivity index (χ1) is 13.9. The average Bonchev–Trinajstić information content (AvgIpc) is 3.23. The number of ether oxygens (including phenoxy) is 2. The molecule has 29 heavy (non-hydrogen) atoms. The Balaban J connectivity index is 1.66. The van der Waals surface area contributed by atoms with Crippen LogP contribution in [0, 0.1) is 0 Å². The van der Waals surface area contributed by atoms with Gasteiger partial charge in [0, 0.05) is 14.1 Å². The molecular formula is C21H23N3O5. The maximum Gasteiger partial charge on any atom is 0.276 e. The van der Waals surface area contributed by atoms with Crippen LogP contribution in [0.25, 0.3) is 10.8 Å². The molecule has 2 aromatic carbocycles. The Morgan fingerprint density at radius 2 is 1.86 bits per heavy atom. The van der Waals surface area contributed by atoms with Crippen LogP contribution in [0.4, 0.5) is 0 Å². The number of hydrogen-bond donors (Lipinski definition) is 1. The number of carbonyl (C=O) groups excluding carboxylic acids is 2. The topological polar surface area (TPSA) is 93.9 Å². The van der Waals surface area contributed by atoms with Crippen molar-refractivity contribution in [2.24, 2.45) is 0 Å². The number of carbonyl (C=O) groups is 2. The van der Waals surface area contributed by atoms with E-state index >= 15 is 0 Å². The van der Waals surface area contributed by atoms with E-state index in [1.807, 2.05) is 36.4 Å². The number of benzene rings is 2. The number of nitrogens with zero attached hydrogens (tertiary/aromatic N) is 2. The molecule has 0 saturated heterocycles. The van der Waals surface area contributed by atoms with Crippen LogP contribution in [-0.4, -0.2) is 48.9 Å². The quantitative estimate of drug-likeness (QED) is 0.659. The molecule has 8 heteroatoms. The summed E-state index contributed by atoms with van der Waals surface area (Å²) in [6, 6.07) is 10.9. The van der Waals surface area contributed by atoms with E-state index in [9.17, 15) is 9.59 Å². The van der Waals surface area contributed by atoms with Gasteiger partial charge in [0.2, 0.25) is 11.8 Å². The van der Waals surface area contributed by atoms with Crippen LogP contribution in [0.15, 0.2) is 47.1 Å². The first-order valence-electron chi connectivity index (χ1n) is 9.06. The fraction of sp³-hybridized carbons (Fsp3) is 0.286. The van der Waals surface area contributed by atoms with Gasteiger partial charge in [-0.05, 0) is 42.0 Å². The SMILES string of the molecule is CNC(=O)[C@H](C)N(C)C(=O)c1coc(COc2ccc3ccc(OC)cc3c2)n1. The second kappa shape index (κ2) is 8.64. The molecule has 0 aliphatic rings. The molecule has 3 aromatic rings. The van der Waals surface area contributed by atoms with Crippen LogP contribution in [0.3, 0.4) is 0 Å². The van der Waals surface area contributed by atoms with Gasteiger partial charge in [-0.2, -0.15) is 0 Å². The summed E-state index contributed by atoms with van der Waals surface area (Å²) in [5.74, 6) is 0.998. The Bertz CT molecular complexity index is 1030. The minimum atomic E-state index is -0.626. The Labute approximate surface area is 168 Å². The Hall–Kier alpha value is -3.55. The van der Waals surface area contributed by atoms with Gasteiger partial charge in [-0.25, -0.2) is 4.98 Å². The van der Waals surface area contributed by atoms with Gasteiger partial charge in [0.05, 0.1) is 7.11 Å². The van der Waals surface area contributed by atoms with Crippen LogP contribution >= 0.6 is 0 Å². The summed E-state index contributed by atoms with van der Waals surface area (Å²) in [6.07, 6.45) is 1.26. The van der Waals surface area contributed by atoms with Crippen LogP contribution < -0.4 is 14.8 Å². The lowest BCUT2D eigenvalue weighted by molar-refractivity contribution is -0.124. The molecular weight excluding hydrogens is 374 g/mol. The lowest BCUT2D eigenvalue weighted by Gasteiger charge is -2.22. The molecule has 3 rings (SSSR count). The molecule has 152 valence electrons. The van der Waals surface area contributed by atoms with Crippen molar-refractivity contribution in [1.82, 2.24) is 15.2 Å². The number of fused-ring (bicyclic) bond motifs is 1. The van der Waals surface area contributed by atoms with E-state index in [1.54, 1.807) is 14.0 Å². The maximum absolute atomic E-state index is 12.5. The molecule has 1 aromatic heterocycles. The summed E-state index contributed by atoms with van der Waals surface area (Å²) < 4.78 is 16.3. The normalized spacial score (nSPS) is 11.7. The largest absolute Gasteiger partial charge is 0.497 e. The van der Waals surface area contributed by atoms with E-state index in [-0.39, 0.29) is 24.1 Å². The zero-order valence-corrected chi connectivity index (χ0v) is 16.8. The van der Waals surface area contributed by atoms with Crippen LogP contribution in [0.2, 0.25) is 0 Å². The lowest BCUT2D eigenvalue weighted by atomic mass is 10.1. The van der Waals surface area contributed by atoms with Crippen LogP contribution in [0.1, 0.15) is 23.3 Å². The Morgan fingerprint density at radius 3 is 2.55 bits per heavy atom. The molecule has 0 aliphatic carbocycles. The summed E-state index contributed by atoms with van der Waals surface area (Å²) in [4.78, 5) is 29.7. The number of amides is 2. The molecule has 1 N–H and O–H groups in total. The molecule has 0 saturated carbocycles. The van der Waals surface area contributed by atoms with Gasteiger partial charge in [-0.15, -0.1) is 0 Å². The summed E-state index contributed by atoms with van der Waals surface area (Å²) in [6.45, 7) is 1.70. The summed E-state index contributed by atoms with van der Waals surface area (Å²) in [5, 5.41) is 4.56. The van der Waals surface area contributed by atoms with E-state index in [0.717, 1.165) is 16.5 Å². The molecule has 0 radical (unpaired) electrons. The highest BCUT2D eigenvalue weighted by molar-refractivity contribution is 5.95. The number of aromatic nitrogens is 1. The number of hydrogen-bond acceptors (Lipinski definition) is 6. The monoisotopic (exact) mass is 397 g/mol. The first-order valence-corrected chi connectivity index (χ1v) is 9.06. The van der Waals surface area contributed by atoms with E-state index < -0.39 is 11.9 Å². The third-order valence-corrected chi connectivity index (χ3v) is 4.68. The molecule has 2 amide bonds. The maximum atomic E-state index is 12.5. The lowest BCUT2D eigenvalue weighted by Crippen LogP contribution is -2.44. The number of rotatable bonds is 7. The average molecular weight is 397 g/mol. The standard InChI is InChI=1S/C21H23N3O5/c1-13(20(25)22-2)24(3)21(26)18-11-29-19(23-18)12-28-17-8-6-14-5-7-16(27-4)9-15(14)10-17/h5-11,13H,12H2,1-4H3,(H,22,25)/t13-/m0/s1. The number of oxazole rings is 1. The highest BCUT2D eigenvalue weighted by atomic mass is 16.5. The van der Waals surface area contributed by atoms with Crippen molar-refractivity contribution in [2.75, 3.05) is 21.2 Å². The van der Waals surface area contributed by atoms with Crippen molar-refractivity contribution < 1.29 is 23.5 Å². The second-order valence-electron chi connectivity index (χ2n) is 6.50. The molecule has 0 spiro atoms. The highest BCUT2D eigenvalue weighted by Crippen LogP contribution is 2.25. The van der Waals surface area contributed by atoms with E-state index in [0.29, 0.717) is 5.75 Å². The van der Waals surface area contributed by atoms with Crippen molar-refractivity contribution in [3.63, 3.8) is 0 Å². The molecule has 0 fully saturated rings. The summed E-state index contributed by atoms with van der Waals surface area (Å²) in [5.41, 5.74) is 0.116. The van der Waals surface area contributed by atoms with Crippen LogP contribution in [0.5, 0.6) is 11.5 Å². The third kappa shape index (κ3) is 4.48. The van der Waals surface area contributed by atoms with E-state index in [4.69, 9.17) is 13.9 Å². The Morgan fingerprint density at radius 1 is 1.17 bits per heavy atom. The smallest absolute Gasteiger partial charge is 0.276 e. The fourth-order valence-corrected chi connectivity index (χ4v) is 2.78. The first kappa shape index (κ1) is 20.2. The minimum absolute atomic E-state index is 0.0669. The van der Waals surface area contributed by atoms with E-state index in [2.05, 4.69) is 10.3 Å². The summed E-state index contributed by atoms with van der Waals surface area (Å²) >= 11 is 0. The highest BCUT2D eigenvalue weighted by Gasteiger charge is 2.24. The molecule has 1 heterocycles. The van der Waals surface area contributed by atoms with Crippen molar-refractivity contribution >= 4 is 22.6 Å². The van der Waals surface area contributed by atoms with Gasteiger partial charge in [0.15, 0.2) is 12.3 Å². The van der Waals surface area contributed by atoms with E-state index in [1.165, 1.54) is 25.3 Å². The third-order valence-electron chi connectivity index (χ3n) is 4.68. The molecule has 8 nitrogen and oxygen atoms in total. The van der Waals surface area contributed by atoms with Gasteiger partial charge >= 0.3 is 0 Å². The Kier molecular flexibility index (Phi) is 6.01. The van der Waals surface area contributed by atoms with Crippen molar-refractivity contribution in [3.8, 4) is 11.5 Å². The van der Waals surface area contributed by atoms with Crippen molar-refractivity contribution in [3.05, 3.63) is 54.2 Å². The van der Waals surface area contributed by atoms with Gasteiger partial charge < -0.3 is 24.1 Å². The van der Waals surface area contributed by atoms with Gasteiger partial charge in [-0.3, -0.25) is 9.59 Å². The summed E-state index contributed by atoms with van der Waals surface area (Å²) in [7, 11) is 4.68. The van der Waals surface area contributed by atoms with Gasteiger partial charge in [0.25, 0.3) is 5.91 Å². The predicted molar refractivity (Wildman–Crippen MR) is 107 cm³/mol. The van der Waals surface area contributed by atoms with Gasteiger partial charge in [-0.1, -0.05) is 12.1 Å². The molecule has 0 unspecified atom stereocenters. The number of likely N-dealkylation sites (N-methyl/N-ethyl adjacent to an activating group) is 2. The number of nitrogens with one attached hydrogen (secondary N) is 1. The van der Waals surface area contributed by atoms with Crippen molar-refractivity contribution in [2.45, 2.75) is 19.6 Å². The zero-order valence-electron chi connectivity index (χ0n) is 16.8. The van der Waals surface area contributed by atoms with Crippen LogP contribution in [-0.2, 0) is 11.4 Å². The molecule has 0 bridgehead atoms.